The van der Waals surface area contributed by atoms with Crippen LogP contribution in [0.4, 0.5) is 5.69 Å². The normalized spacial score (nSPS) is 19.2. The summed E-state index contributed by atoms with van der Waals surface area (Å²) in [7, 11) is 0. The molecule has 2 aromatic carbocycles. The van der Waals surface area contributed by atoms with E-state index in [9.17, 15) is 4.79 Å². The van der Waals surface area contributed by atoms with Crippen LogP contribution in [0.2, 0.25) is 0 Å². The summed E-state index contributed by atoms with van der Waals surface area (Å²) in [6.45, 7) is 6.96. The monoisotopic (exact) mass is 333 g/mol. The molecule has 0 atom stereocenters. The standard InChI is InChI=1S/C21H23N3O/c1-16-7-8-18-19(21(25)22-20(18)13-16)15-24-11-9-23(10-12-24)14-17-5-3-2-4-6-17/h2-8,13,15H,9-12,14H2,1H3,(H,22,25)/b19-15+. The van der Waals surface area contributed by atoms with Crippen molar-refractivity contribution in [2.75, 3.05) is 31.5 Å². The fourth-order valence-corrected chi connectivity index (χ4v) is 3.51. The Balaban J connectivity index is 1.42. The van der Waals surface area contributed by atoms with Gasteiger partial charge in [-0.25, -0.2) is 0 Å². The predicted molar refractivity (Wildman–Crippen MR) is 101 cm³/mol. The Morgan fingerprint density at radius 2 is 1.80 bits per heavy atom. The summed E-state index contributed by atoms with van der Waals surface area (Å²) in [6, 6.07) is 16.7. The quantitative estimate of drug-likeness (QED) is 0.877. The molecule has 128 valence electrons. The second-order valence-corrected chi connectivity index (χ2v) is 6.84. The molecule has 1 saturated heterocycles. The fraction of sp³-hybridized carbons (Fsp3) is 0.286. The first-order valence-electron chi connectivity index (χ1n) is 8.83. The number of rotatable bonds is 3. The molecule has 25 heavy (non-hydrogen) atoms. The number of nitrogens with one attached hydrogen (secondary N) is 1. The molecule has 2 aliphatic rings. The highest BCUT2D eigenvalue weighted by atomic mass is 16.2. The van der Waals surface area contributed by atoms with Gasteiger partial charge in [-0.15, -0.1) is 0 Å². The minimum atomic E-state index is 0.00677. The van der Waals surface area contributed by atoms with Crippen molar-refractivity contribution in [2.24, 2.45) is 0 Å². The highest BCUT2D eigenvalue weighted by molar-refractivity contribution is 6.31. The van der Waals surface area contributed by atoms with Gasteiger partial charge in [0.2, 0.25) is 0 Å². The number of piperazine rings is 1. The van der Waals surface area contributed by atoms with Crippen molar-refractivity contribution in [1.29, 1.82) is 0 Å². The van der Waals surface area contributed by atoms with Crippen molar-refractivity contribution in [3.8, 4) is 0 Å². The molecule has 4 heteroatoms. The maximum atomic E-state index is 12.3. The van der Waals surface area contributed by atoms with Gasteiger partial charge in [0.1, 0.15) is 0 Å². The summed E-state index contributed by atoms with van der Waals surface area (Å²) in [5.41, 5.74) is 5.25. The van der Waals surface area contributed by atoms with E-state index in [-0.39, 0.29) is 5.91 Å². The summed E-state index contributed by atoms with van der Waals surface area (Å²) in [4.78, 5) is 17.0. The number of carbonyl (C=O) groups excluding carboxylic acids is 1. The molecule has 0 unspecified atom stereocenters. The maximum absolute atomic E-state index is 12.3. The summed E-state index contributed by atoms with van der Waals surface area (Å²) in [6.07, 6.45) is 2.04. The van der Waals surface area contributed by atoms with Gasteiger partial charge in [0.15, 0.2) is 0 Å². The highest BCUT2D eigenvalue weighted by Gasteiger charge is 2.25. The topological polar surface area (TPSA) is 35.6 Å². The lowest BCUT2D eigenvalue weighted by Crippen LogP contribution is -2.43. The molecular formula is C21H23N3O. The van der Waals surface area contributed by atoms with Crippen LogP contribution < -0.4 is 5.32 Å². The van der Waals surface area contributed by atoms with Crippen molar-refractivity contribution in [3.63, 3.8) is 0 Å². The van der Waals surface area contributed by atoms with E-state index >= 15 is 0 Å². The molecule has 2 aromatic rings. The van der Waals surface area contributed by atoms with Crippen LogP contribution in [0, 0.1) is 6.92 Å². The second-order valence-electron chi connectivity index (χ2n) is 6.84. The number of nitrogens with zero attached hydrogens (tertiary/aromatic N) is 2. The summed E-state index contributed by atoms with van der Waals surface area (Å²) in [5, 5.41) is 2.98. The van der Waals surface area contributed by atoms with E-state index in [1.807, 2.05) is 25.3 Å². The molecule has 0 radical (unpaired) electrons. The number of amides is 1. The molecule has 1 amide bonds. The van der Waals surface area contributed by atoms with Crippen molar-refractivity contribution in [2.45, 2.75) is 13.5 Å². The number of hydrogen-bond acceptors (Lipinski definition) is 3. The number of benzene rings is 2. The van der Waals surface area contributed by atoms with Crippen LogP contribution in [0.15, 0.2) is 54.7 Å². The van der Waals surface area contributed by atoms with Gasteiger partial charge in [0.05, 0.1) is 5.57 Å². The fourth-order valence-electron chi connectivity index (χ4n) is 3.51. The minimum absolute atomic E-state index is 0.00677. The zero-order valence-electron chi connectivity index (χ0n) is 14.5. The van der Waals surface area contributed by atoms with Crippen LogP contribution >= 0.6 is 0 Å². The third kappa shape index (κ3) is 3.44. The van der Waals surface area contributed by atoms with E-state index in [2.05, 4.69) is 51.5 Å². The number of aryl methyl sites for hydroxylation is 1. The molecule has 0 bridgehead atoms. The molecule has 2 heterocycles. The zero-order valence-corrected chi connectivity index (χ0v) is 14.5. The van der Waals surface area contributed by atoms with Crippen molar-refractivity contribution in [1.82, 2.24) is 9.80 Å². The molecule has 0 spiro atoms. The maximum Gasteiger partial charge on any atom is 0.257 e. The van der Waals surface area contributed by atoms with Gasteiger partial charge in [0, 0.05) is 50.2 Å². The van der Waals surface area contributed by atoms with E-state index in [4.69, 9.17) is 0 Å². The van der Waals surface area contributed by atoms with Gasteiger partial charge in [-0.05, 0) is 24.1 Å². The molecule has 0 aliphatic carbocycles. The van der Waals surface area contributed by atoms with Gasteiger partial charge in [-0.2, -0.15) is 0 Å². The van der Waals surface area contributed by atoms with Crippen LogP contribution in [0.5, 0.6) is 0 Å². The SMILES string of the molecule is Cc1ccc2c(c1)NC(=O)/C2=C/N1CCN(Cc2ccccc2)CC1. The number of fused-ring (bicyclic) bond motifs is 1. The van der Waals surface area contributed by atoms with Gasteiger partial charge >= 0.3 is 0 Å². The first kappa shape index (κ1) is 15.9. The Bertz CT molecular complexity index is 805. The third-order valence-corrected chi connectivity index (χ3v) is 4.93. The Morgan fingerprint density at radius 1 is 1.04 bits per heavy atom. The van der Waals surface area contributed by atoms with Gasteiger partial charge in [-0.3, -0.25) is 9.69 Å². The van der Waals surface area contributed by atoms with Crippen molar-refractivity contribution in [3.05, 3.63) is 71.4 Å². The summed E-state index contributed by atoms with van der Waals surface area (Å²) < 4.78 is 0. The van der Waals surface area contributed by atoms with Gasteiger partial charge in [-0.1, -0.05) is 42.5 Å². The Labute approximate surface area is 148 Å². The highest BCUT2D eigenvalue weighted by Crippen LogP contribution is 2.32. The summed E-state index contributed by atoms with van der Waals surface area (Å²) >= 11 is 0. The van der Waals surface area contributed by atoms with Crippen LogP contribution in [-0.4, -0.2) is 41.9 Å². The van der Waals surface area contributed by atoms with Crippen molar-refractivity contribution < 1.29 is 4.79 Å². The largest absolute Gasteiger partial charge is 0.374 e. The third-order valence-electron chi connectivity index (χ3n) is 4.93. The molecule has 0 aromatic heterocycles. The molecule has 4 rings (SSSR count). The average molecular weight is 333 g/mol. The first-order chi connectivity index (χ1) is 12.2. The van der Waals surface area contributed by atoms with E-state index in [0.717, 1.165) is 55.1 Å². The van der Waals surface area contributed by atoms with Crippen LogP contribution in [0.25, 0.3) is 5.57 Å². The zero-order chi connectivity index (χ0) is 17.2. The van der Waals surface area contributed by atoms with E-state index in [0.29, 0.717) is 0 Å². The molecule has 0 saturated carbocycles. The average Bonchev–Trinajstić information content (AvgIpc) is 2.92. The minimum Gasteiger partial charge on any atom is -0.374 e. The van der Waals surface area contributed by atoms with Gasteiger partial charge < -0.3 is 10.2 Å². The number of anilines is 1. The number of carbonyl (C=O) groups is 1. The van der Waals surface area contributed by atoms with E-state index in [1.54, 1.807) is 0 Å². The van der Waals surface area contributed by atoms with E-state index in [1.165, 1.54) is 5.56 Å². The number of hydrogen-bond donors (Lipinski definition) is 1. The Kier molecular flexibility index (Phi) is 4.28. The molecular weight excluding hydrogens is 310 g/mol. The molecule has 2 aliphatic heterocycles. The molecule has 1 fully saturated rings. The molecule has 1 N–H and O–H groups in total. The van der Waals surface area contributed by atoms with Crippen LogP contribution in [-0.2, 0) is 11.3 Å². The predicted octanol–water partition coefficient (Wildman–Crippen LogP) is 3.11. The lowest BCUT2D eigenvalue weighted by atomic mass is 10.1. The second kappa shape index (κ2) is 6.73. The Hall–Kier alpha value is -2.59. The lowest BCUT2D eigenvalue weighted by molar-refractivity contribution is -0.110. The van der Waals surface area contributed by atoms with E-state index < -0.39 is 0 Å². The smallest absolute Gasteiger partial charge is 0.257 e. The van der Waals surface area contributed by atoms with Crippen molar-refractivity contribution >= 4 is 17.2 Å². The summed E-state index contributed by atoms with van der Waals surface area (Å²) in [5.74, 6) is 0.00677. The Morgan fingerprint density at radius 3 is 2.56 bits per heavy atom. The van der Waals surface area contributed by atoms with Gasteiger partial charge in [0.25, 0.3) is 5.91 Å². The first-order valence-corrected chi connectivity index (χ1v) is 8.83. The lowest BCUT2D eigenvalue weighted by Gasteiger charge is -2.34. The molecule has 4 nitrogen and oxygen atoms in total. The van der Waals surface area contributed by atoms with Crippen LogP contribution in [0.1, 0.15) is 16.7 Å². The van der Waals surface area contributed by atoms with Crippen LogP contribution in [0.3, 0.4) is 0 Å².